The summed E-state index contributed by atoms with van der Waals surface area (Å²) >= 11 is 0. The molecule has 1 nitrogen and oxygen atoms in total. The third-order valence-corrected chi connectivity index (χ3v) is 5.55. The van der Waals surface area contributed by atoms with Crippen molar-refractivity contribution in [1.82, 2.24) is 4.98 Å². The molecule has 6 rings (SSSR count). The van der Waals surface area contributed by atoms with Gasteiger partial charge in [0.1, 0.15) is 0 Å². The number of rotatable bonds is 1. The van der Waals surface area contributed by atoms with Gasteiger partial charge in [-0.1, -0.05) is 50.5 Å². The van der Waals surface area contributed by atoms with Gasteiger partial charge in [0, 0.05) is 26.3 Å². The molecule has 2 heteroatoms. The van der Waals surface area contributed by atoms with Gasteiger partial charge in [-0.25, -0.2) is 0 Å². The molecular weight excluding hydrogens is 470 g/mol. The largest absolute Gasteiger partial charge is 0.304 e. The molecule has 1 heterocycles. The third-order valence-electron chi connectivity index (χ3n) is 5.55. The molecular formula is C22H22IrN-. The maximum absolute atomic E-state index is 4.66. The van der Waals surface area contributed by atoms with Gasteiger partial charge in [-0.05, 0) is 41.3 Å². The summed E-state index contributed by atoms with van der Waals surface area (Å²) in [6.45, 7) is 0. The van der Waals surface area contributed by atoms with E-state index in [4.69, 9.17) is 0 Å². The van der Waals surface area contributed by atoms with Crippen molar-refractivity contribution in [2.45, 2.75) is 44.9 Å². The molecule has 0 amide bonds. The first-order valence-corrected chi connectivity index (χ1v) is 8.30. The second kappa shape index (κ2) is 6.78. The molecule has 0 saturated heterocycles. The fourth-order valence-electron chi connectivity index (χ4n) is 4.41. The SMILES string of the molecule is C.[Ir].[c-]1cc2c(cc1-c1nccc3ccccc13)C1CCC2CC1. The summed E-state index contributed by atoms with van der Waals surface area (Å²) in [4.78, 5) is 4.66. The summed E-state index contributed by atoms with van der Waals surface area (Å²) in [5.41, 5.74) is 5.36. The van der Waals surface area contributed by atoms with Crippen LogP contribution in [0.5, 0.6) is 0 Å². The van der Waals surface area contributed by atoms with E-state index in [0.717, 1.165) is 23.1 Å². The Morgan fingerprint density at radius 2 is 1.62 bits per heavy atom. The summed E-state index contributed by atoms with van der Waals surface area (Å²) in [6.07, 6.45) is 7.39. The van der Waals surface area contributed by atoms with E-state index in [2.05, 4.69) is 53.5 Å². The van der Waals surface area contributed by atoms with Crippen LogP contribution in [0.4, 0.5) is 0 Å². The molecule has 2 aromatic carbocycles. The molecule has 1 aromatic heterocycles. The molecule has 0 spiro atoms. The Labute approximate surface area is 157 Å². The average molecular weight is 493 g/mol. The Kier molecular flexibility index (Phi) is 4.90. The van der Waals surface area contributed by atoms with Crippen LogP contribution in [0.25, 0.3) is 22.0 Å². The van der Waals surface area contributed by atoms with Gasteiger partial charge in [0.25, 0.3) is 0 Å². The fourth-order valence-corrected chi connectivity index (χ4v) is 4.41. The van der Waals surface area contributed by atoms with Crippen molar-refractivity contribution in [3.63, 3.8) is 0 Å². The predicted molar refractivity (Wildman–Crippen MR) is 96.7 cm³/mol. The van der Waals surface area contributed by atoms with Crippen LogP contribution in [0.1, 0.15) is 56.1 Å². The van der Waals surface area contributed by atoms with Crippen LogP contribution in [0.15, 0.2) is 48.7 Å². The van der Waals surface area contributed by atoms with Gasteiger partial charge < -0.3 is 4.98 Å². The Morgan fingerprint density at radius 1 is 0.917 bits per heavy atom. The molecule has 3 aliphatic rings. The number of hydrogen-bond donors (Lipinski definition) is 0. The number of aromatic nitrogens is 1. The minimum atomic E-state index is 0. The van der Waals surface area contributed by atoms with E-state index >= 15 is 0 Å². The van der Waals surface area contributed by atoms with Crippen molar-refractivity contribution in [3.8, 4) is 11.3 Å². The standard InChI is InChI=1S/C21H18N.CH4.Ir/c1-2-4-19-14(3-1)11-12-22-21(19)17-9-10-18-15-5-7-16(8-6-15)20(18)13-17;;/h1-4,10-13,15-16H,5-8H2;1H4;/q-1;;. The number of hydrogen-bond acceptors (Lipinski definition) is 1. The van der Waals surface area contributed by atoms with Gasteiger partial charge in [0.15, 0.2) is 0 Å². The van der Waals surface area contributed by atoms with Gasteiger partial charge in [-0.2, -0.15) is 0 Å². The molecule has 2 bridgehead atoms. The smallest absolute Gasteiger partial charge is 0.0167 e. The molecule has 3 aromatic rings. The predicted octanol–water partition coefficient (Wildman–Crippen LogP) is 6.09. The Hall–Kier alpha value is -1.50. The molecule has 0 N–H and O–H groups in total. The molecule has 0 unspecified atom stereocenters. The maximum atomic E-state index is 4.66. The third kappa shape index (κ3) is 2.62. The number of fused-ring (bicyclic) bond motifs is 3. The second-order valence-electron chi connectivity index (χ2n) is 6.69. The molecule has 3 aliphatic carbocycles. The van der Waals surface area contributed by atoms with E-state index < -0.39 is 0 Å². The van der Waals surface area contributed by atoms with E-state index in [1.165, 1.54) is 36.5 Å². The first-order chi connectivity index (χ1) is 10.9. The van der Waals surface area contributed by atoms with Crippen molar-refractivity contribution in [2.75, 3.05) is 0 Å². The van der Waals surface area contributed by atoms with Crippen LogP contribution in [0, 0.1) is 6.07 Å². The van der Waals surface area contributed by atoms with Crippen molar-refractivity contribution < 1.29 is 20.1 Å². The molecule has 0 aliphatic heterocycles. The normalized spacial score (nSPS) is 20.8. The molecule has 0 atom stereocenters. The van der Waals surface area contributed by atoms with Crippen LogP contribution in [-0.4, -0.2) is 4.98 Å². The van der Waals surface area contributed by atoms with E-state index in [9.17, 15) is 0 Å². The van der Waals surface area contributed by atoms with Crippen LogP contribution >= 0.6 is 0 Å². The zero-order valence-electron chi connectivity index (χ0n) is 12.9. The molecule has 1 fully saturated rings. The van der Waals surface area contributed by atoms with E-state index in [1.807, 2.05) is 6.20 Å². The number of nitrogens with zero attached hydrogens (tertiary/aromatic N) is 1. The van der Waals surface area contributed by atoms with Gasteiger partial charge in [0.2, 0.25) is 0 Å². The first kappa shape index (κ1) is 17.3. The Bertz CT molecular complexity index is 857. The Balaban J connectivity index is 0.000000845. The van der Waals surface area contributed by atoms with Crippen LogP contribution < -0.4 is 0 Å². The van der Waals surface area contributed by atoms with Gasteiger partial charge in [-0.3, -0.25) is 0 Å². The maximum Gasteiger partial charge on any atom is 0.0167 e. The molecule has 24 heavy (non-hydrogen) atoms. The number of pyridine rings is 1. The van der Waals surface area contributed by atoms with Crippen molar-refractivity contribution in [1.29, 1.82) is 0 Å². The monoisotopic (exact) mass is 493 g/mol. The van der Waals surface area contributed by atoms with Crippen molar-refractivity contribution in [3.05, 3.63) is 65.9 Å². The molecule has 1 saturated carbocycles. The van der Waals surface area contributed by atoms with E-state index in [0.29, 0.717) is 0 Å². The van der Waals surface area contributed by atoms with Crippen molar-refractivity contribution in [2.24, 2.45) is 0 Å². The van der Waals surface area contributed by atoms with Crippen molar-refractivity contribution >= 4 is 10.8 Å². The Morgan fingerprint density at radius 3 is 2.42 bits per heavy atom. The summed E-state index contributed by atoms with van der Waals surface area (Å²) < 4.78 is 0. The minimum absolute atomic E-state index is 0. The fraction of sp³-hybridized carbons (Fsp3) is 0.318. The summed E-state index contributed by atoms with van der Waals surface area (Å²) in [7, 11) is 0. The minimum Gasteiger partial charge on any atom is -0.304 e. The van der Waals surface area contributed by atoms with Gasteiger partial charge in [-0.15, -0.1) is 34.9 Å². The van der Waals surface area contributed by atoms with Crippen LogP contribution in [0.3, 0.4) is 0 Å². The zero-order valence-corrected chi connectivity index (χ0v) is 15.3. The average Bonchev–Trinajstić information content (AvgIpc) is 2.62. The van der Waals surface area contributed by atoms with E-state index in [-0.39, 0.29) is 27.5 Å². The number of benzene rings is 2. The first-order valence-electron chi connectivity index (χ1n) is 8.30. The second-order valence-corrected chi connectivity index (χ2v) is 6.69. The zero-order chi connectivity index (χ0) is 14.5. The van der Waals surface area contributed by atoms with Gasteiger partial charge in [0.05, 0.1) is 0 Å². The van der Waals surface area contributed by atoms with E-state index in [1.54, 1.807) is 11.1 Å². The summed E-state index contributed by atoms with van der Waals surface area (Å²) in [5.74, 6) is 1.55. The quantitative estimate of drug-likeness (QED) is 0.375. The van der Waals surface area contributed by atoms with Gasteiger partial charge >= 0.3 is 0 Å². The summed E-state index contributed by atoms with van der Waals surface area (Å²) in [5, 5.41) is 2.47. The van der Waals surface area contributed by atoms with Crippen LogP contribution in [0.2, 0.25) is 0 Å². The summed E-state index contributed by atoms with van der Waals surface area (Å²) in [6, 6.07) is 18.7. The van der Waals surface area contributed by atoms with Crippen LogP contribution in [-0.2, 0) is 20.1 Å². The molecule has 125 valence electrons. The topological polar surface area (TPSA) is 12.9 Å². The molecule has 1 radical (unpaired) electrons.